The van der Waals surface area contributed by atoms with Crippen molar-refractivity contribution in [3.8, 4) is 0 Å². The van der Waals surface area contributed by atoms with Gasteiger partial charge in [-0.3, -0.25) is 0 Å². The maximum Gasteiger partial charge on any atom is 0.152 e. The van der Waals surface area contributed by atoms with Gasteiger partial charge in [-0.1, -0.05) is 30.3 Å². The van der Waals surface area contributed by atoms with Crippen molar-refractivity contribution in [2.75, 3.05) is 11.5 Å². The number of hydrogen-bond acceptors (Lipinski definition) is 3. The smallest absolute Gasteiger partial charge is 0.152 e. The molecule has 2 rings (SSSR count). The molecule has 88 valence electrons. The van der Waals surface area contributed by atoms with Crippen LogP contribution in [-0.4, -0.2) is 26.0 Å². The third kappa shape index (κ3) is 2.83. The molecule has 16 heavy (non-hydrogen) atoms. The van der Waals surface area contributed by atoms with Gasteiger partial charge < -0.3 is 5.32 Å². The molecule has 1 aliphatic rings. The van der Waals surface area contributed by atoms with Crippen LogP contribution in [0, 0.1) is 0 Å². The van der Waals surface area contributed by atoms with E-state index in [0.717, 1.165) is 5.56 Å². The van der Waals surface area contributed by atoms with Gasteiger partial charge >= 0.3 is 0 Å². The molecule has 0 bridgehead atoms. The normalized spacial score (nSPS) is 29.6. The van der Waals surface area contributed by atoms with Crippen LogP contribution in [0.1, 0.15) is 24.9 Å². The van der Waals surface area contributed by atoms with E-state index in [1.165, 1.54) is 0 Å². The van der Waals surface area contributed by atoms with Crippen molar-refractivity contribution in [3.05, 3.63) is 35.9 Å². The maximum absolute atomic E-state index is 11.8. The SMILES string of the molecule is CC1CCS(=O)(=O)CC(c2ccccc2)N1. The minimum atomic E-state index is -2.91. The fourth-order valence-corrected chi connectivity index (χ4v) is 3.72. The van der Waals surface area contributed by atoms with E-state index >= 15 is 0 Å². The van der Waals surface area contributed by atoms with Gasteiger partial charge in [0.25, 0.3) is 0 Å². The Kier molecular flexibility index (Phi) is 3.30. The van der Waals surface area contributed by atoms with Gasteiger partial charge in [-0.25, -0.2) is 8.42 Å². The first-order valence-electron chi connectivity index (χ1n) is 5.58. The summed E-state index contributed by atoms with van der Waals surface area (Å²) < 4.78 is 23.5. The Bertz CT molecular complexity index is 441. The van der Waals surface area contributed by atoms with Crippen LogP contribution in [0.4, 0.5) is 0 Å². The van der Waals surface area contributed by atoms with Crippen LogP contribution in [0.5, 0.6) is 0 Å². The van der Waals surface area contributed by atoms with E-state index in [2.05, 4.69) is 5.32 Å². The lowest BCUT2D eigenvalue weighted by Gasteiger charge is -2.19. The molecule has 1 aliphatic heterocycles. The summed E-state index contributed by atoms with van der Waals surface area (Å²) in [6.07, 6.45) is 0.700. The van der Waals surface area contributed by atoms with Crippen molar-refractivity contribution in [2.24, 2.45) is 0 Å². The molecule has 1 fully saturated rings. The summed E-state index contributed by atoms with van der Waals surface area (Å²) in [5.41, 5.74) is 1.06. The van der Waals surface area contributed by atoms with Crippen LogP contribution >= 0.6 is 0 Å². The molecule has 0 aliphatic carbocycles. The highest BCUT2D eigenvalue weighted by Gasteiger charge is 2.26. The molecule has 1 saturated heterocycles. The van der Waals surface area contributed by atoms with E-state index < -0.39 is 9.84 Å². The highest BCUT2D eigenvalue weighted by atomic mass is 32.2. The topological polar surface area (TPSA) is 46.2 Å². The second kappa shape index (κ2) is 4.55. The summed E-state index contributed by atoms with van der Waals surface area (Å²) in [4.78, 5) is 0. The third-order valence-corrected chi connectivity index (χ3v) is 4.67. The summed E-state index contributed by atoms with van der Waals surface area (Å²) >= 11 is 0. The Labute approximate surface area is 96.8 Å². The number of nitrogens with one attached hydrogen (secondary N) is 1. The molecule has 2 atom stereocenters. The van der Waals surface area contributed by atoms with E-state index in [1.807, 2.05) is 37.3 Å². The second-order valence-corrected chi connectivity index (χ2v) is 6.66. The van der Waals surface area contributed by atoms with Crippen molar-refractivity contribution in [1.29, 1.82) is 0 Å². The first-order valence-corrected chi connectivity index (χ1v) is 7.40. The van der Waals surface area contributed by atoms with Gasteiger partial charge in [0.05, 0.1) is 11.5 Å². The first-order chi connectivity index (χ1) is 7.57. The van der Waals surface area contributed by atoms with E-state index in [4.69, 9.17) is 0 Å². The van der Waals surface area contributed by atoms with Crippen molar-refractivity contribution in [1.82, 2.24) is 5.32 Å². The van der Waals surface area contributed by atoms with Crippen molar-refractivity contribution in [3.63, 3.8) is 0 Å². The zero-order valence-electron chi connectivity index (χ0n) is 9.39. The summed E-state index contributed by atoms with van der Waals surface area (Å²) in [7, 11) is -2.91. The Hall–Kier alpha value is -0.870. The van der Waals surface area contributed by atoms with Crippen molar-refractivity contribution in [2.45, 2.75) is 25.4 Å². The van der Waals surface area contributed by atoms with Crippen LogP contribution in [0.3, 0.4) is 0 Å². The molecule has 4 heteroatoms. The average Bonchev–Trinajstić information content (AvgIpc) is 2.39. The quantitative estimate of drug-likeness (QED) is 0.808. The minimum absolute atomic E-state index is 0.0660. The predicted octanol–water partition coefficient (Wildman–Crippen LogP) is 1.52. The molecule has 0 saturated carbocycles. The molecular formula is C12H17NO2S. The highest BCUT2D eigenvalue weighted by Crippen LogP contribution is 2.20. The lowest BCUT2D eigenvalue weighted by atomic mass is 10.1. The maximum atomic E-state index is 11.8. The van der Waals surface area contributed by atoms with Crippen molar-refractivity contribution < 1.29 is 8.42 Å². The molecule has 3 nitrogen and oxygen atoms in total. The number of hydrogen-bond donors (Lipinski definition) is 1. The largest absolute Gasteiger partial charge is 0.307 e. The Morgan fingerprint density at radius 3 is 2.62 bits per heavy atom. The summed E-state index contributed by atoms with van der Waals surface area (Å²) in [5, 5.41) is 3.37. The van der Waals surface area contributed by atoms with Crippen LogP contribution in [-0.2, 0) is 9.84 Å². The van der Waals surface area contributed by atoms with Gasteiger partial charge in [-0.15, -0.1) is 0 Å². The third-order valence-electron chi connectivity index (χ3n) is 2.97. The van der Waals surface area contributed by atoms with Gasteiger partial charge in [-0.05, 0) is 18.9 Å². The summed E-state index contributed by atoms with van der Waals surface area (Å²) in [6.45, 7) is 2.04. The molecule has 1 aromatic rings. The van der Waals surface area contributed by atoms with Crippen LogP contribution in [0.2, 0.25) is 0 Å². The molecule has 0 amide bonds. The number of benzene rings is 1. The molecule has 0 spiro atoms. The Balaban J connectivity index is 2.26. The lowest BCUT2D eigenvalue weighted by molar-refractivity contribution is 0.484. The minimum Gasteiger partial charge on any atom is -0.307 e. The summed E-state index contributed by atoms with van der Waals surface area (Å²) in [5.74, 6) is 0.506. The average molecular weight is 239 g/mol. The number of rotatable bonds is 1. The summed E-state index contributed by atoms with van der Waals surface area (Å²) in [6, 6.07) is 9.97. The lowest BCUT2D eigenvalue weighted by Crippen LogP contribution is -2.30. The first kappa shape index (κ1) is 11.6. The fraction of sp³-hybridized carbons (Fsp3) is 0.500. The molecule has 2 unspecified atom stereocenters. The van der Waals surface area contributed by atoms with E-state index in [1.54, 1.807) is 0 Å². The second-order valence-electron chi connectivity index (χ2n) is 4.43. The van der Waals surface area contributed by atoms with Crippen LogP contribution in [0.25, 0.3) is 0 Å². The van der Waals surface area contributed by atoms with Gasteiger partial charge in [0.2, 0.25) is 0 Å². The Morgan fingerprint density at radius 2 is 1.94 bits per heavy atom. The van der Waals surface area contributed by atoms with Gasteiger partial charge in [0, 0.05) is 12.1 Å². The predicted molar refractivity (Wildman–Crippen MR) is 65.1 cm³/mol. The molecule has 0 radical (unpaired) electrons. The molecule has 1 heterocycles. The molecule has 0 aromatic heterocycles. The van der Waals surface area contributed by atoms with Crippen LogP contribution < -0.4 is 5.32 Å². The van der Waals surface area contributed by atoms with E-state index in [-0.39, 0.29) is 17.8 Å². The molecular weight excluding hydrogens is 222 g/mol. The Morgan fingerprint density at radius 1 is 1.25 bits per heavy atom. The van der Waals surface area contributed by atoms with Crippen LogP contribution in [0.15, 0.2) is 30.3 Å². The van der Waals surface area contributed by atoms with Gasteiger partial charge in [0.15, 0.2) is 9.84 Å². The highest BCUT2D eigenvalue weighted by molar-refractivity contribution is 7.91. The molecule has 1 N–H and O–H groups in total. The van der Waals surface area contributed by atoms with E-state index in [0.29, 0.717) is 12.2 Å². The number of sulfone groups is 1. The fourth-order valence-electron chi connectivity index (χ4n) is 2.05. The van der Waals surface area contributed by atoms with Crippen molar-refractivity contribution >= 4 is 9.84 Å². The zero-order chi connectivity index (χ0) is 11.6. The monoisotopic (exact) mass is 239 g/mol. The zero-order valence-corrected chi connectivity index (χ0v) is 10.2. The molecule has 1 aromatic carbocycles. The van der Waals surface area contributed by atoms with E-state index in [9.17, 15) is 8.42 Å². The van der Waals surface area contributed by atoms with Gasteiger partial charge in [0.1, 0.15) is 0 Å². The standard InChI is InChI=1S/C12H17NO2S/c1-10-7-8-16(14,15)9-12(13-10)11-5-3-2-4-6-11/h2-6,10,12-13H,7-9H2,1H3. The van der Waals surface area contributed by atoms with Gasteiger partial charge in [-0.2, -0.15) is 0 Å².